The lowest BCUT2D eigenvalue weighted by Crippen LogP contribution is -2.14. The van der Waals surface area contributed by atoms with Gasteiger partial charge in [0.2, 0.25) is 0 Å². The van der Waals surface area contributed by atoms with Gasteiger partial charge in [0.1, 0.15) is 11.9 Å². The van der Waals surface area contributed by atoms with E-state index in [1.165, 1.54) is 10.9 Å². The standard InChI is InChI=1S/C7H11N3O3/c1-5(11)4-9-6(2)7(3-8-9)10(12)13/h3,5,11H,4H2,1-2H3/t5-/m1/s1. The van der Waals surface area contributed by atoms with Gasteiger partial charge in [-0.2, -0.15) is 5.10 Å². The first-order valence-electron chi connectivity index (χ1n) is 3.87. The molecule has 1 rings (SSSR count). The van der Waals surface area contributed by atoms with E-state index in [0.29, 0.717) is 5.69 Å². The molecule has 0 aliphatic carbocycles. The van der Waals surface area contributed by atoms with Crippen molar-refractivity contribution in [3.05, 3.63) is 22.0 Å². The summed E-state index contributed by atoms with van der Waals surface area (Å²) in [5, 5.41) is 23.3. The number of aromatic nitrogens is 2. The van der Waals surface area contributed by atoms with E-state index in [4.69, 9.17) is 5.11 Å². The zero-order valence-corrected chi connectivity index (χ0v) is 7.47. The summed E-state index contributed by atoms with van der Waals surface area (Å²) in [5.41, 5.74) is 0.451. The van der Waals surface area contributed by atoms with Crippen molar-refractivity contribution < 1.29 is 10.0 Å². The summed E-state index contributed by atoms with van der Waals surface area (Å²) < 4.78 is 1.42. The highest BCUT2D eigenvalue weighted by molar-refractivity contribution is 5.31. The van der Waals surface area contributed by atoms with Gasteiger partial charge in [0.15, 0.2) is 0 Å². The molecule has 1 atom stereocenters. The fraction of sp³-hybridized carbons (Fsp3) is 0.571. The minimum Gasteiger partial charge on any atom is -0.391 e. The lowest BCUT2D eigenvalue weighted by Gasteiger charge is -2.04. The molecule has 1 aromatic heterocycles. The molecule has 1 heterocycles. The molecule has 1 aromatic rings. The Hall–Kier alpha value is -1.43. The second-order valence-corrected chi connectivity index (χ2v) is 2.90. The molecule has 6 nitrogen and oxygen atoms in total. The van der Waals surface area contributed by atoms with E-state index in [2.05, 4.69) is 5.10 Å². The smallest absolute Gasteiger partial charge is 0.309 e. The lowest BCUT2D eigenvalue weighted by atomic mass is 10.3. The van der Waals surface area contributed by atoms with Crippen LogP contribution in [0, 0.1) is 17.0 Å². The van der Waals surface area contributed by atoms with E-state index in [-0.39, 0.29) is 12.2 Å². The van der Waals surface area contributed by atoms with Gasteiger partial charge in [-0.1, -0.05) is 0 Å². The number of aliphatic hydroxyl groups is 1. The maximum atomic E-state index is 10.4. The Morgan fingerprint density at radius 3 is 2.85 bits per heavy atom. The number of aliphatic hydroxyl groups excluding tert-OH is 1. The normalized spacial score (nSPS) is 12.8. The van der Waals surface area contributed by atoms with Crippen LogP contribution in [0.5, 0.6) is 0 Å². The SMILES string of the molecule is Cc1c([N+](=O)[O-])cnn1C[C@@H](C)O. The summed E-state index contributed by atoms with van der Waals surface area (Å²) in [6, 6.07) is 0. The third-order valence-corrected chi connectivity index (χ3v) is 1.71. The molecule has 0 amide bonds. The molecule has 0 radical (unpaired) electrons. The largest absolute Gasteiger partial charge is 0.391 e. The van der Waals surface area contributed by atoms with Crippen LogP contribution in [0.25, 0.3) is 0 Å². The minimum absolute atomic E-state index is 0.0133. The van der Waals surface area contributed by atoms with E-state index in [0.717, 1.165) is 0 Å². The van der Waals surface area contributed by atoms with Crippen LogP contribution in [-0.2, 0) is 6.54 Å². The molecule has 6 heteroatoms. The molecule has 13 heavy (non-hydrogen) atoms. The number of hydrogen-bond donors (Lipinski definition) is 1. The van der Waals surface area contributed by atoms with Gasteiger partial charge in [0, 0.05) is 0 Å². The van der Waals surface area contributed by atoms with Crippen LogP contribution >= 0.6 is 0 Å². The van der Waals surface area contributed by atoms with Gasteiger partial charge in [-0.05, 0) is 13.8 Å². The Bertz CT molecular complexity index is 319. The molecule has 72 valence electrons. The van der Waals surface area contributed by atoms with Gasteiger partial charge in [0.05, 0.1) is 17.6 Å². The molecule has 0 saturated carbocycles. The van der Waals surface area contributed by atoms with Crippen molar-refractivity contribution in [1.29, 1.82) is 0 Å². The highest BCUT2D eigenvalue weighted by Crippen LogP contribution is 2.15. The lowest BCUT2D eigenvalue weighted by molar-refractivity contribution is -0.385. The molecule has 0 fully saturated rings. The molecule has 0 aromatic carbocycles. The molecule has 1 N–H and O–H groups in total. The first-order valence-corrected chi connectivity index (χ1v) is 3.87. The van der Waals surface area contributed by atoms with Crippen LogP contribution in [0.15, 0.2) is 6.20 Å². The van der Waals surface area contributed by atoms with Crippen molar-refractivity contribution in [3.8, 4) is 0 Å². The Morgan fingerprint density at radius 1 is 1.85 bits per heavy atom. The predicted octanol–water partition coefficient (Wildman–Crippen LogP) is 0.481. The Kier molecular flexibility index (Phi) is 2.62. The summed E-state index contributed by atoms with van der Waals surface area (Å²) in [5.74, 6) is 0. The van der Waals surface area contributed by atoms with Crippen molar-refractivity contribution in [2.24, 2.45) is 0 Å². The van der Waals surface area contributed by atoms with Gasteiger partial charge in [-0.25, -0.2) is 0 Å². The number of nitrogens with zero attached hydrogens (tertiary/aromatic N) is 3. The fourth-order valence-electron chi connectivity index (χ4n) is 1.05. The molecular weight excluding hydrogens is 174 g/mol. The summed E-state index contributed by atoms with van der Waals surface area (Å²) >= 11 is 0. The molecule has 0 bridgehead atoms. The van der Waals surface area contributed by atoms with Crippen LogP contribution in [0.4, 0.5) is 5.69 Å². The molecule has 0 aliphatic heterocycles. The van der Waals surface area contributed by atoms with Crippen LogP contribution < -0.4 is 0 Å². The van der Waals surface area contributed by atoms with E-state index < -0.39 is 11.0 Å². The first-order chi connectivity index (χ1) is 6.02. The van der Waals surface area contributed by atoms with Crippen molar-refractivity contribution >= 4 is 5.69 Å². The Morgan fingerprint density at radius 2 is 2.46 bits per heavy atom. The van der Waals surface area contributed by atoms with Gasteiger partial charge in [0.25, 0.3) is 0 Å². The molecule has 0 unspecified atom stereocenters. The van der Waals surface area contributed by atoms with E-state index in [1.54, 1.807) is 13.8 Å². The number of nitro groups is 1. The first kappa shape index (κ1) is 9.66. The van der Waals surface area contributed by atoms with Crippen molar-refractivity contribution in [2.45, 2.75) is 26.5 Å². The van der Waals surface area contributed by atoms with Crippen LogP contribution in [0.3, 0.4) is 0 Å². The van der Waals surface area contributed by atoms with E-state index in [9.17, 15) is 10.1 Å². The fourth-order valence-corrected chi connectivity index (χ4v) is 1.05. The molecule has 0 saturated heterocycles. The van der Waals surface area contributed by atoms with Gasteiger partial charge in [-0.15, -0.1) is 0 Å². The predicted molar refractivity (Wildman–Crippen MR) is 45.3 cm³/mol. The maximum Gasteiger partial charge on any atom is 0.309 e. The van der Waals surface area contributed by atoms with Crippen molar-refractivity contribution in [3.63, 3.8) is 0 Å². The average Bonchev–Trinajstić information content (AvgIpc) is 2.32. The van der Waals surface area contributed by atoms with Gasteiger partial charge < -0.3 is 5.11 Å². The number of hydrogen-bond acceptors (Lipinski definition) is 4. The third-order valence-electron chi connectivity index (χ3n) is 1.71. The highest BCUT2D eigenvalue weighted by Gasteiger charge is 2.16. The Balaban J connectivity index is 2.93. The summed E-state index contributed by atoms with van der Waals surface area (Å²) in [6.07, 6.45) is 0.635. The zero-order valence-electron chi connectivity index (χ0n) is 7.47. The van der Waals surface area contributed by atoms with Crippen LogP contribution in [-0.4, -0.2) is 25.9 Å². The third kappa shape index (κ3) is 2.03. The second-order valence-electron chi connectivity index (χ2n) is 2.90. The monoisotopic (exact) mass is 185 g/mol. The van der Waals surface area contributed by atoms with E-state index in [1.807, 2.05) is 0 Å². The number of rotatable bonds is 3. The van der Waals surface area contributed by atoms with Crippen LogP contribution in [0.1, 0.15) is 12.6 Å². The topological polar surface area (TPSA) is 81.2 Å². The van der Waals surface area contributed by atoms with Crippen molar-refractivity contribution in [1.82, 2.24) is 9.78 Å². The van der Waals surface area contributed by atoms with Crippen molar-refractivity contribution in [2.75, 3.05) is 0 Å². The molecule has 0 aliphatic rings. The summed E-state index contributed by atoms with van der Waals surface area (Å²) in [6.45, 7) is 3.49. The molecular formula is C7H11N3O3. The van der Waals surface area contributed by atoms with E-state index >= 15 is 0 Å². The quantitative estimate of drug-likeness (QED) is 0.548. The average molecular weight is 185 g/mol. The summed E-state index contributed by atoms with van der Waals surface area (Å²) in [4.78, 5) is 9.93. The summed E-state index contributed by atoms with van der Waals surface area (Å²) in [7, 11) is 0. The van der Waals surface area contributed by atoms with Gasteiger partial charge in [-0.3, -0.25) is 14.8 Å². The second kappa shape index (κ2) is 3.53. The minimum atomic E-state index is -0.557. The highest BCUT2D eigenvalue weighted by atomic mass is 16.6. The van der Waals surface area contributed by atoms with Crippen LogP contribution in [0.2, 0.25) is 0 Å². The maximum absolute atomic E-state index is 10.4. The van der Waals surface area contributed by atoms with Gasteiger partial charge >= 0.3 is 5.69 Å². The molecule has 0 spiro atoms. The zero-order chi connectivity index (χ0) is 10.0. The Labute approximate surface area is 74.9 Å².